The van der Waals surface area contributed by atoms with Crippen LogP contribution in [0.4, 0.5) is 0 Å². The number of hydrogen-bond acceptors (Lipinski definition) is 1. The molecule has 0 aromatic heterocycles. The van der Waals surface area contributed by atoms with Crippen LogP contribution in [0.3, 0.4) is 0 Å². The van der Waals surface area contributed by atoms with Crippen molar-refractivity contribution in [2.45, 2.75) is 12.8 Å². The lowest BCUT2D eigenvalue weighted by molar-refractivity contribution is 0.476. The maximum absolute atomic E-state index is 9.30. The van der Waals surface area contributed by atoms with Gasteiger partial charge in [-0.2, -0.15) is 0 Å². The molecule has 0 aliphatic heterocycles. The molecule has 0 saturated carbocycles. The van der Waals surface area contributed by atoms with E-state index in [0.29, 0.717) is 5.75 Å². The minimum Gasteiger partial charge on any atom is -0.508 e. The van der Waals surface area contributed by atoms with Crippen LogP contribution in [0.15, 0.2) is 30.3 Å². The molecule has 0 bridgehead atoms. The van der Waals surface area contributed by atoms with Crippen molar-refractivity contribution in [1.82, 2.24) is 0 Å². The smallest absolute Gasteiger partial charge is 0.115 e. The summed E-state index contributed by atoms with van der Waals surface area (Å²) in [6.45, 7) is 0. The zero-order valence-corrected chi connectivity index (χ0v) is 7.25. The molecule has 3 aliphatic carbocycles. The Morgan fingerprint density at radius 2 is 1.85 bits per heavy atom. The summed E-state index contributed by atoms with van der Waals surface area (Å²) >= 11 is 0. The Morgan fingerprint density at radius 3 is 2.62 bits per heavy atom. The molecule has 0 aromatic carbocycles. The molecule has 3 aliphatic rings. The topological polar surface area (TPSA) is 20.2 Å². The van der Waals surface area contributed by atoms with Gasteiger partial charge in [0.05, 0.1) is 0 Å². The number of rotatable bonds is 0. The van der Waals surface area contributed by atoms with Crippen LogP contribution in [0.1, 0.15) is 11.1 Å². The Hall–Kier alpha value is -1.50. The molecule has 0 radical (unpaired) electrons. The lowest BCUT2D eigenvalue weighted by atomic mass is 9.91. The first-order valence-electron chi connectivity index (χ1n) is 4.58. The molecule has 13 heavy (non-hydrogen) atoms. The van der Waals surface area contributed by atoms with Crippen molar-refractivity contribution in [3.63, 3.8) is 0 Å². The van der Waals surface area contributed by atoms with Crippen LogP contribution in [0.5, 0.6) is 5.75 Å². The molecule has 0 heterocycles. The van der Waals surface area contributed by atoms with Crippen molar-refractivity contribution >= 4 is 0 Å². The van der Waals surface area contributed by atoms with Gasteiger partial charge in [-0.05, 0) is 47.2 Å². The summed E-state index contributed by atoms with van der Waals surface area (Å²) < 4.78 is 0. The van der Waals surface area contributed by atoms with E-state index in [1.165, 1.54) is 35.1 Å². The van der Waals surface area contributed by atoms with Crippen LogP contribution in [0.2, 0.25) is 0 Å². The van der Waals surface area contributed by atoms with Gasteiger partial charge in [0.15, 0.2) is 0 Å². The summed E-state index contributed by atoms with van der Waals surface area (Å²) in [5, 5.41) is 9.30. The molecule has 64 valence electrons. The highest BCUT2D eigenvalue weighted by molar-refractivity contribution is 5.75. The highest BCUT2D eigenvalue weighted by Crippen LogP contribution is 2.38. The SMILES string of the molecule is Oc1ccc2cc3c(c-2cc1)CC3. The fraction of sp³-hybridized carbons (Fsp3) is 0.167. The number of hydrogen-bond donors (Lipinski definition) is 1. The molecule has 3 rings (SSSR count). The van der Waals surface area contributed by atoms with Crippen molar-refractivity contribution in [2.75, 3.05) is 0 Å². The van der Waals surface area contributed by atoms with Crippen molar-refractivity contribution in [1.29, 1.82) is 0 Å². The zero-order chi connectivity index (χ0) is 8.84. The maximum Gasteiger partial charge on any atom is 0.115 e. The van der Waals surface area contributed by atoms with Gasteiger partial charge >= 0.3 is 0 Å². The Morgan fingerprint density at radius 1 is 1.00 bits per heavy atom. The Kier molecular flexibility index (Phi) is 1.21. The molecule has 1 N–H and O–H groups in total. The van der Waals surface area contributed by atoms with E-state index in [0.717, 1.165) is 0 Å². The van der Waals surface area contributed by atoms with Crippen molar-refractivity contribution < 1.29 is 5.11 Å². The van der Waals surface area contributed by atoms with Crippen LogP contribution in [0.25, 0.3) is 11.1 Å². The second-order valence-electron chi connectivity index (χ2n) is 3.61. The molecule has 0 unspecified atom stereocenters. The van der Waals surface area contributed by atoms with Crippen LogP contribution < -0.4 is 0 Å². The molecule has 0 aromatic rings. The number of aromatic hydroxyl groups is 1. The highest BCUT2D eigenvalue weighted by Gasteiger charge is 2.21. The minimum atomic E-state index is 0.337. The average Bonchev–Trinajstić information content (AvgIpc) is 2.21. The largest absolute Gasteiger partial charge is 0.508 e. The molecule has 0 saturated heterocycles. The quantitative estimate of drug-likeness (QED) is 0.644. The van der Waals surface area contributed by atoms with E-state index in [2.05, 4.69) is 6.07 Å². The first-order valence-corrected chi connectivity index (χ1v) is 4.58. The van der Waals surface area contributed by atoms with E-state index in [1.54, 1.807) is 12.1 Å². The third-order valence-electron chi connectivity index (χ3n) is 2.85. The molecule has 1 nitrogen and oxygen atoms in total. The first kappa shape index (κ1) is 6.96. The maximum atomic E-state index is 9.30. The van der Waals surface area contributed by atoms with Gasteiger partial charge < -0.3 is 5.11 Å². The molecular formula is C12H10O. The van der Waals surface area contributed by atoms with E-state index >= 15 is 0 Å². The summed E-state index contributed by atoms with van der Waals surface area (Å²) in [7, 11) is 0. The fourth-order valence-electron chi connectivity index (χ4n) is 2.04. The number of aryl methyl sites for hydroxylation is 1. The van der Waals surface area contributed by atoms with Gasteiger partial charge in [-0.25, -0.2) is 0 Å². The second-order valence-corrected chi connectivity index (χ2v) is 3.61. The van der Waals surface area contributed by atoms with E-state index in [4.69, 9.17) is 0 Å². The summed E-state index contributed by atoms with van der Waals surface area (Å²) in [6.07, 6.45) is 2.42. The predicted molar refractivity (Wildman–Crippen MR) is 52.1 cm³/mol. The fourth-order valence-corrected chi connectivity index (χ4v) is 2.04. The minimum absolute atomic E-state index is 0.337. The molecule has 0 atom stereocenters. The van der Waals surface area contributed by atoms with Gasteiger partial charge in [-0.15, -0.1) is 0 Å². The molecule has 0 amide bonds. The van der Waals surface area contributed by atoms with E-state index in [1.807, 2.05) is 12.1 Å². The Balaban J connectivity index is 2.34. The van der Waals surface area contributed by atoms with Crippen molar-refractivity contribution in [3.8, 4) is 16.9 Å². The van der Waals surface area contributed by atoms with Crippen molar-refractivity contribution in [3.05, 3.63) is 41.5 Å². The first-order chi connectivity index (χ1) is 6.34. The van der Waals surface area contributed by atoms with Gasteiger partial charge in [-0.3, -0.25) is 0 Å². The molecule has 0 fully saturated rings. The monoisotopic (exact) mass is 170 g/mol. The summed E-state index contributed by atoms with van der Waals surface area (Å²) in [5.74, 6) is 0.337. The summed E-state index contributed by atoms with van der Waals surface area (Å²) in [6, 6.07) is 9.75. The average molecular weight is 170 g/mol. The second kappa shape index (κ2) is 2.25. The standard InChI is InChI=1S/C12H10O/c13-10-3-1-8-7-9-2-5-11(9)12(8)6-4-10/h1,3-4,6-7,13H,2,5H2. The van der Waals surface area contributed by atoms with Crippen molar-refractivity contribution in [2.24, 2.45) is 0 Å². The normalized spacial score (nSPS) is 13.8. The van der Waals surface area contributed by atoms with Crippen LogP contribution in [-0.4, -0.2) is 5.11 Å². The number of fused-ring (bicyclic) bond motifs is 3. The predicted octanol–water partition coefficient (Wildman–Crippen LogP) is 2.60. The highest BCUT2D eigenvalue weighted by atomic mass is 16.3. The third kappa shape index (κ3) is 0.872. The van der Waals surface area contributed by atoms with Gasteiger partial charge in [-0.1, -0.05) is 18.2 Å². The van der Waals surface area contributed by atoms with Crippen LogP contribution in [-0.2, 0) is 12.8 Å². The molecule has 1 heteroatoms. The molecular weight excluding hydrogens is 160 g/mol. The van der Waals surface area contributed by atoms with Gasteiger partial charge in [0.1, 0.15) is 5.75 Å². The zero-order valence-electron chi connectivity index (χ0n) is 7.25. The van der Waals surface area contributed by atoms with E-state index in [-0.39, 0.29) is 0 Å². The van der Waals surface area contributed by atoms with E-state index < -0.39 is 0 Å². The van der Waals surface area contributed by atoms with Gasteiger partial charge in [0.25, 0.3) is 0 Å². The third-order valence-corrected chi connectivity index (χ3v) is 2.85. The summed E-state index contributed by atoms with van der Waals surface area (Å²) in [4.78, 5) is 0. The van der Waals surface area contributed by atoms with E-state index in [9.17, 15) is 5.11 Å². The van der Waals surface area contributed by atoms with Crippen LogP contribution >= 0.6 is 0 Å². The Bertz CT molecular complexity index is 445. The lowest BCUT2D eigenvalue weighted by Gasteiger charge is -2.13. The lowest BCUT2D eigenvalue weighted by Crippen LogP contribution is -2.03. The Labute approximate surface area is 77.0 Å². The summed E-state index contributed by atoms with van der Waals surface area (Å²) in [5.41, 5.74) is 5.52. The van der Waals surface area contributed by atoms with Crippen LogP contribution in [0, 0.1) is 0 Å². The van der Waals surface area contributed by atoms with Gasteiger partial charge in [0, 0.05) is 0 Å². The molecule has 0 spiro atoms. The van der Waals surface area contributed by atoms with Gasteiger partial charge in [0.2, 0.25) is 0 Å².